The number of sulfonamides is 1. The van der Waals surface area contributed by atoms with Crippen molar-refractivity contribution in [3.05, 3.63) is 64.7 Å². The van der Waals surface area contributed by atoms with Crippen molar-refractivity contribution in [3.63, 3.8) is 0 Å². The van der Waals surface area contributed by atoms with Crippen molar-refractivity contribution < 1.29 is 13.2 Å². The molecule has 0 spiro atoms. The molecule has 5 nitrogen and oxygen atoms in total. The summed E-state index contributed by atoms with van der Waals surface area (Å²) >= 11 is 5.92. The molecule has 1 saturated heterocycles. The van der Waals surface area contributed by atoms with Gasteiger partial charge in [-0.05, 0) is 49.2 Å². The average Bonchev–Trinajstić information content (AvgIpc) is 2.99. The number of benzene rings is 2. The van der Waals surface area contributed by atoms with Gasteiger partial charge < -0.3 is 4.90 Å². The fourth-order valence-electron chi connectivity index (χ4n) is 3.07. The van der Waals surface area contributed by atoms with Gasteiger partial charge >= 0.3 is 0 Å². The van der Waals surface area contributed by atoms with Crippen LogP contribution >= 0.6 is 11.6 Å². The summed E-state index contributed by atoms with van der Waals surface area (Å²) in [6, 6.07) is 14.0. The van der Waals surface area contributed by atoms with E-state index in [1.807, 2.05) is 19.1 Å². The lowest BCUT2D eigenvalue weighted by Gasteiger charge is -2.26. The van der Waals surface area contributed by atoms with Crippen molar-refractivity contribution in [1.82, 2.24) is 4.90 Å². The number of hydrogen-bond donors (Lipinski definition) is 0. The monoisotopic (exact) mass is 392 g/mol. The van der Waals surface area contributed by atoms with E-state index in [-0.39, 0.29) is 17.7 Å². The lowest BCUT2D eigenvalue weighted by molar-refractivity contribution is 0.0742. The number of hydrogen-bond acceptors (Lipinski definition) is 3. The quantitative estimate of drug-likeness (QED) is 0.796. The lowest BCUT2D eigenvalue weighted by Crippen LogP contribution is -2.30. The van der Waals surface area contributed by atoms with Gasteiger partial charge in [0.15, 0.2) is 0 Å². The van der Waals surface area contributed by atoms with Gasteiger partial charge in [-0.1, -0.05) is 29.8 Å². The fraction of sp³-hybridized carbons (Fsp3) is 0.316. The molecule has 1 heterocycles. The smallest absolute Gasteiger partial charge is 0.254 e. The van der Waals surface area contributed by atoms with Gasteiger partial charge in [0.05, 0.1) is 17.5 Å². The van der Waals surface area contributed by atoms with Gasteiger partial charge in [0.2, 0.25) is 10.0 Å². The van der Waals surface area contributed by atoms with Crippen LogP contribution in [0.15, 0.2) is 48.5 Å². The summed E-state index contributed by atoms with van der Waals surface area (Å²) in [4.78, 5) is 14.5. The second kappa shape index (κ2) is 7.29. The summed E-state index contributed by atoms with van der Waals surface area (Å²) in [6.07, 6.45) is 0.605. The van der Waals surface area contributed by atoms with Crippen molar-refractivity contribution in [1.29, 1.82) is 0 Å². The van der Waals surface area contributed by atoms with E-state index in [9.17, 15) is 13.2 Å². The first kappa shape index (κ1) is 18.7. The van der Waals surface area contributed by atoms with Crippen LogP contribution < -0.4 is 4.31 Å². The zero-order chi connectivity index (χ0) is 18.9. The van der Waals surface area contributed by atoms with Crippen molar-refractivity contribution in [2.24, 2.45) is 0 Å². The van der Waals surface area contributed by atoms with Gasteiger partial charge in [-0.3, -0.25) is 9.10 Å². The fourth-order valence-corrected chi connectivity index (χ4v) is 4.75. The summed E-state index contributed by atoms with van der Waals surface area (Å²) in [5.74, 6) is -0.00974. The predicted molar refractivity (Wildman–Crippen MR) is 104 cm³/mol. The molecule has 3 rings (SSSR count). The van der Waals surface area contributed by atoms with Crippen LogP contribution in [0.4, 0.5) is 5.69 Å². The third-order valence-corrected chi connectivity index (χ3v) is 6.86. The first-order valence-electron chi connectivity index (χ1n) is 8.43. The van der Waals surface area contributed by atoms with Crippen LogP contribution in [-0.4, -0.2) is 38.6 Å². The van der Waals surface area contributed by atoms with E-state index < -0.39 is 10.0 Å². The molecule has 7 heteroatoms. The van der Waals surface area contributed by atoms with Gasteiger partial charge in [-0.2, -0.15) is 0 Å². The Balaban J connectivity index is 1.83. The van der Waals surface area contributed by atoms with Crippen LogP contribution in [0.5, 0.6) is 0 Å². The minimum atomic E-state index is -3.27. The second-order valence-corrected chi connectivity index (χ2v) is 8.88. The van der Waals surface area contributed by atoms with Gasteiger partial charge in [0, 0.05) is 24.2 Å². The second-order valence-electron chi connectivity index (χ2n) is 6.44. The van der Waals surface area contributed by atoms with Gasteiger partial charge in [-0.15, -0.1) is 0 Å². The molecule has 0 N–H and O–H groups in total. The maximum Gasteiger partial charge on any atom is 0.254 e. The van der Waals surface area contributed by atoms with E-state index in [0.717, 1.165) is 5.56 Å². The van der Waals surface area contributed by atoms with Gasteiger partial charge in [0.25, 0.3) is 5.91 Å². The highest BCUT2D eigenvalue weighted by Gasteiger charge is 2.29. The topological polar surface area (TPSA) is 57.7 Å². The molecule has 0 bridgehead atoms. The zero-order valence-corrected chi connectivity index (χ0v) is 16.3. The van der Waals surface area contributed by atoms with Crippen LogP contribution in [-0.2, 0) is 10.0 Å². The predicted octanol–water partition coefficient (Wildman–Crippen LogP) is 3.71. The van der Waals surface area contributed by atoms with E-state index in [0.29, 0.717) is 29.2 Å². The summed E-state index contributed by atoms with van der Waals surface area (Å²) < 4.78 is 25.6. The molecule has 1 aliphatic rings. The molecular weight excluding hydrogens is 372 g/mol. The highest BCUT2D eigenvalue weighted by atomic mass is 35.5. The number of halogens is 1. The molecule has 1 aliphatic heterocycles. The molecule has 1 fully saturated rings. The van der Waals surface area contributed by atoms with Crippen LogP contribution in [0.25, 0.3) is 0 Å². The Morgan fingerprint density at radius 1 is 1.19 bits per heavy atom. The van der Waals surface area contributed by atoms with Crippen LogP contribution in [0, 0.1) is 0 Å². The summed E-state index contributed by atoms with van der Waals surface area (Å²) in [7, 11) is -1.53. The summed E-state index contributed by atoms with van der Waals surface area (Å²) in [6.45, 7) is 2.40. The maximum absolute atomic E-state index is 12.9. The molecule has 1 atom stereocenters. The number of carbonyl (C=O) groups excluding carboxylic acids is 1. The number of amides is 1. The Hall–Kier alpha value is -2.05. The highest BCUT2D eigenvalue weighted by Crippen LogP contribution is 2.27. The molecule has 0 aromatic heterocycles. The van der Waals surface area contributed by atoms with Crippen molar-refractivity contribution in [2.75, 3.05) is 23.7 Å². The van der Waals surface area contributed by atoms with Crippen LogP contribution in [0.2, 0.25) is 5.02 Å². The van der Waals surface area contributed by atoms with E-state index in [2.05, 4.69) is 0 Å². The van der Waals surface area contributed by atoms with E-state index in [1.165, 1.54) is 4.31 Å². The average molecular weight is 393 g/mol. The Morgan fingerprint density at radius 2 is 1.88 bits per heavy atom. The normalized spacial score (nSPS) is 17.1. The number of anilines is 1. The molecular formula is C19H21ClN2O3S. The molecule has 1 amide bonds. The molecule has 26 heavy (non-hydrogen) atoms. The third-order valence-electron chi connectivity index (χ3n) is 4.73. The SMILES string of the molecule is CC(c1ccc(Cl)cc1)N(C)C(=O)c1cccc(N2CCCS2(=O)=O)c1. The minimum Gasteiger partial charge on any atom is -0.335 e. The first-order chi connectivity index (χ1) is 12.3. The Morgan fingerprint density at radius 3 is 2.50 bits per heavy atom. The van der Waals surface area contributed by atoms with Crippen LogP contribution in [0.3, 0.4) is 0 Å². The van der Waals surface area contributed by atoms with E-state index >= 15 is 0 Å². The highest BCUT2D eigenvalue weighted by molar-refractivity contribution is 7.93. The Labute approximate surface area is 159 Å². The zero-order valence-electron chi connectivity index (χ0n) is 14.7. The number of rotatable bonds is 4. The lowest BCUT2D eigenvalue weighted by atomic mass is 10.1. The third kappa shape index (κ3) is 3.71. The molecule has 0 radical (unpaired) electrons. The van der Waals surface area contributed by atoms with Gasteiger partial charge in [0.1, 0.15) is 0 Å². The maximum atomic E-state index is 12.9. The molecule has 0 saturated carbocycles. The molecule has 2 aromatic carbocycles. The number of carbonyl (C=O) groups is 1. The Bertz CT molecular complexity index is 913. The van der Waals surface area contributed by atoms with Gasteiger partial charge in [-0.25, -0.2) is 8.42 Å². The van der Waals surface area contributed by atoms with Crippen molar-refractivity contribution in [3.8, 4) is 0 Å². The molecule has 138 valence electrons. The number of nitrogens with zero attached hydrogens (tertiary/aromatic N) is 2. The molecule has 0 aliphatic carbocycles. The van der Waals surface area contributed by atoms with Crippen molar-refractivity contribution in [2.45, 2.75) is 19.4 Å². The molecule has 1 unspecified atom stereocenters. The largest absolute Gasteiger partial charge is 0.335 e. The minimum absolute atomic E-state index is 0.140. The van der Waals surface area contributed by atoms with E-state index in [4.69, 9.17) is 11.6 Å². The first-order valence-corrected chi connectivity index (χ1v) is 10.4. The van der Waals surface area contributed by atoms with E-state index in [1.54, 1.807) is 48.3 Å². The molecule has 2 aromatic rings. The summed E-state index contributed by atoms with van der Waals surface area (Å²) in [5.41, 5.74) is 1.98. The van der Waals surface area contributed by atoms with Crippen LogP contribution in [0.1, 0.15) is 35.3 Å². The Kier molecular flexibility index (Phi) is 5.25. The standard InChI is InChI=1S/C19H21ClN2O3S/c1-14(15-7-9-17(20)10-8-15)21(2)19(23)16-5-3-6-18(13-16)22-11-4-12-26(22,24)25/h3,5-10,13-14H,4,11-12H2,1-2H3. The summed E-state index contributed by atoms with van der Waals surface area (Å²) in [5, 5.41) is 0.648. The van der Waals surface area contributed by atoms with Crippen molar-refractivity contribution >= 4 is 33.2 Å².